The molecule has 0 radical (unpaired) electrons. The van der Waals surface area contributed by atoms with Gasteiger partial charge in [-0.1, -0.05) is 13.8 Å². The highest BCUT2D eigenvalue weighted by Gasteiger charge is 2.15. The van der Waals surface area contributed by atoms with E-state index in [2.05, 4.69) is 10.6 Å². The number of carbonyl (C=O) groups excluding carboxylic acids is 1. The van der Waals surface area contributed by atoms with Crippen LogP contribution in [0.4, 0.5) is 11.4 Å². The Morgan fingerprint density at radius 1 is 1.35 bits per heavy atom. The van der Waals surface area contributed by atoms with Crippen molar-refractivity contribution in [3.05, 3.63) is 33.9 Å². The van der Waals surface area contributed by atoms with Gasteiger partial charge in [0.15, 0.2) is 0 Å². The quantitative estimate of drug-likeness (QED) is 0.619. The molecule has 0 saturated carbocycles. The number of anilines is 1. The summed E-state index contributed by atoms with van der Waals surface area (Å²) >= 11 is 0. The molecule has 1 aromatic carbocycles. The van der Waals surface area contributed by atoms with Crippen molar-refractivity contribution in [2.24, 2.45) is 5.92 Å². The number of carbonyl (C=O) groups is 1. The second kappa shape index (κ2) is 6.88. The summed E-state index contributed by atoms with van der Waals surface area (Å²) in [6, 6.07) is 4.33. The molecule has 0 heterocycles. The average Bonchev–Trinajstić information content (AvgIpc) is 2.35. The molecule has 0 aliphatic heterocycles. The van der Waals surface area contributed by atoms with Crippen LogP contribution in [0.25, 0.3) is 0 Å². The third-order valence-corrected chi connectivity index (χ3v) is 2.85. The molecule has 1 amide bonds. The number of rotatable bonds is 6. The predicted octanol–water partition coefficient (Wildman–Crippen LogP) is 2.48. The van der Waals surface area contributed by atoms with Crippen LogP contribution >= 0.6 is 0 Å². The first-order valence-electron chi connectivity index (χ1n) is 6.60. The standard InChI is InChI=1S/C14H21N3O3/c1-9(2)8-15-14(18)11(4)16-12-5-6-13(17(19)20)10(3)7-12/h5-7,9,11,16H,8H2,1-4H3,(H,15,18). The molecular formula is C14H21N3O3. The van der Waals surface area contributed by atoms with Crippen LogP contribution in [0.3, 0.4) is 0 Å². The minimum absolute atomic E-state index is 0.0764. The maximum atomic E-state index is 11.8. The van der Waals surface area contributed by atoms with Crippen molar-refractivity contribution in [3.63, 3.8) is 0 Å². The predicted molar refractivity (Wildman–Crippen MR) is 78.8 cm³/mol. The number of benzene rings is 1. The summed E-state index contributed by atoms with van der Waals surface area (Å²) in [5.74, 6) is 0.308. The van der Waals surface area contributed by atoms with Gasteiger partial charge in [0.05, 0.1) is 4.92 Å². The van der Waals surface area contributed by atoms with Gasteiger partial charge in [0, 0.05) is 23.9 Å². The second-order valence-electron chi connectivity index (χ2n) is 5.26. The lowest BCUT2D eigenvalue weighted by atomic mass is 10.1. The van der Waals surface area contributed by atoms with E-state index in [0.717, 1.165) is 0 Å². The molecule has 0 bridgehead atoms. The fourth-order valence-electron chi connectivity index (χ4n) is 1.72. The number of aryl methyl sites for hydroxylation is 1. The molecule has 20 heavy (non-hydrogen) atoms. The van der Waals surface area contributed by atoms with E-state index in [1.807, 2.05) is 13.8 Å². The molecule has 0 aliphatic carbocycles. The van der Waals surface area contributed by atoms with Crippen LogP contribution in [0.15, 0.2) is 18.2 Å². The van der Waals surface area contributed by atoms with Gasteiger partial charge < -0.3 is 10.6 Å². The number of hydrogen-bond donors (Lipinski definition) is 2. The highest BCUT2D eigenvalue weighted by atomic mass is 16.6. The van der Waals surface area contributed by atoms with Crippen molar-refractivity contribution in [1.82, 2.24) is 5.32 Å². The average molecular weight is 279 g/mol. The van der Waals surface area contributed by atoms with Gasteiger partial charge in [-0.05, 0) is 31.9 Å². The lowest BCUT2D eigenvalue weighted by Gasteiger charge is -2.16. The van der Waals surface area contributed by atoms with Crippen LogP contribution < -0.4 is 10.6 Å². The highest BCUT2D eigenvalue weighted by molar-refractivity contribution is 5.84. The van der Waals surface area contributed by atoms with E-state index in [1.54, 1.807) is 26.0 Å². The molecular weight excluding hydrogens is 258 g/mol. The minimum Gasteiger partial charge on any atom is -0.374 e. The molecule has 1 aromatic rings. The smallest absolute Gasteiger partial charge is 0.272 e. The van der Waals surface area contributed by atoms with Crippen molar-refractivity contribution in [2.45, 2.75) is 33.7 Å². The molecule has 1 rings (SSSR count). The van der Waals surface area contributed by atoms with Gasteiger partial charge in [-0.15, -0.1) is 0 Å². The number of nitro benzene ring substituents is 1. The fourth-order valence-corrected chi connectivity index (χ4v) is 1.72. The zero-order chi connectivity index (χ0) is 15.3. The van der Waals surface area contributed by atoms with Crippen LogP contribution in [0.2, 0.25) is 0 Å². The van der Waals surface area contributed by atoms with Crippen molar-refractivity contribution < 1.29 is 9.72 Å². The Morgan fingerprint density at radius 2 is 2.00 bits per heavy atom. The molecule has 0 aromatic heterocycles. The van der Waals surface area contributed by atoms with Gasteiger partial charge in [-0.25, -0.2) is 0 Å². The molecule has 1 atom stereocenters. The number of nitrogens with zero attached hydrogens (tertiary/aromatic N) is 1. The van der Waals surface area contributed by atoms with Gasteiger partial charge in [0.25, 0.3) is 5.69 Å². The van der Waals surface area contributed by atoms with Crippen LogP contribution in [0.1, 0.15) is 26.3 Å². The second-order valence-corrected chi connectivity index (χ2v) is 5.26. The van der Waals surface area contributed by atoms with Gasteiger partial charge >= 0.3 is 0 Å². The summed E-state index contributed by atoms with van der Waals surface area (Å²) in [6.45, 7) is 8.11. The summed E-state index contributed by atoms with van der Waals surface area (Å²) < 4.78 is 0. The maximum absolute atomic E-state index is 11.8. The monoisotopic (exact) mass is 279 g/mol. The Morgan fingerprint density at radius 3 is 2.50 bits per heavy atom. The zero-order valence-electron chi connectivity index (χ0n) is 12.3. The SMILES string of the molecule is Cc1cc(NC(C)C(=O)NCC(C)C)ccc1[N+](=O)[O-]. The van der Waals surface area contributed by atoms with Crippen molar-refractivity contribution >= 4 is 17.3 Å². The van der Waals surface area contributed by atoms with E-state index in [-0.39, 0.29) is 11.6 Å². The molecule has 6 heteroatoms. The summed E-state index contributed by atoms with van der Waals surface area (Å²) in [4.78, 5) is 22.1. The lowest BCUT2D eigenvalue weighted by Crippen LogP contribution is -2.39. The molecule has 1 unspecified atom stereocenters. The topological polar surface area (TPSA) is 84.3 Å². The molecule has 0 saturated heterocycles. The van der Waals surface area contributed by atoms with E-state index >= 15 is 0 Å². The van der Waals surface area contributed by atoms with Crippen LogP contribution in [0.5, 0.6) is 0 Å². The normalized spacial score (nSPS) is 12.1. The van der Waals surface area contributed by atoms with Crippen LogP contribution in [-0.2, 0) is 4.79 Å². The third kappa shape index (κ3) is 4.53. The van der Waals surface area contributed by atoms with Crippen molar-refractivity contribution in [2.75, 3.05) is 11.9 Å². The first kappa shape index (κ1) is 15.9. The first-order chi connectivity index (χ1) is 9.31. The largest absolute Gasteiger partial charge is 0.374 e. The van der Waals surface area contributed by atoms with Gasteiger partial charge in [0.1, 0.15) is 6.04 Å². The van der Waals surface area contributed by atoms with Gasteiger partial charge in [-0.2, -0.15) is 0 Å². The Hall–Kier alpha value is -2.11. The minimum atomic E-state index is -0.419. The number of nitro groups is 1. The number of nitrogens with one attached hydrogen (secondary N) is 2. The first-order valence-corrected chi connectivity index (χ1v) is 6.60. The molecule has 110 valence electrons. The molecule has 6 nitrogen and oxygen atoms in total. The maximum Gasteiger partial charge on any atom is 0.272 e. The summed E-state index contributed by atoms with van der Waals surface area (Å²) in [6.07, 6.45) is 0. The summed E-state index contributed by atoms with van der Waals surface area (Å²) in [5, 5.41) is 16.6. The molecule has 2 N–H and O–H groups in total. The Balaban J connectivity index is 2.66. The van der Waals surface area contributed by atoms with Gasteiger partial charge in [0.2, 0.25) is 5.91 Å². The molecule has 0 aliphatic rings. The lowest BCUT2D eigenvalue weighted by molar-refractivity contribution is -0.385. The Labute approximate surface area is 118 Å². The van der Waals surface area contributed by atoms with E-state index in [0.29, 0.717) is 23.7 Å². The zero-order valence-corrected chi connectivity index (χ0v) is 12.3. The van der Waals surface area contributed by atoms with Crippen molar-refractivity contribution in [1.29, 1.82) is 0 Å². The third-order valence-electron chi connectivity index (χ3n) is 2.85. The van der Waals surface area contributed by atoms with Crippen LogP contribution in [-0.4, -0.2) is 23.4 Å². The molecule has 0 spiro atoms. The van der Waals surface area contributed by atoms with E-state index in [1.165, 1.54) is 6.07 Å². The molecule has 0 fully saturated rings. The summed E-state index contributed by atoms with van der Waals surface area (Å²) in [5.41, 5.74) is 1.34. The van der Waals surface area contributed by atoms with Crippen molar-refractivity contribution in [3.8, 4) is 0 Å². The van der Waals surface area contributed by atoms with E-state index in [9.17, 15) is 14.9 Å². The highest BCUT2D eigenvalue weighted by Crippen LogP contribution is 2.21. The van der Waals surface area contributed by atoms with Gasteiger partial charge in [-0.3, -0.25) is 14.9 Å². The Kier molecular flexibility index (Phi) is 5.49. The fraction of sp³-hybridized carbons (Fsp3) is 0.500. The Bertz CT molecular complexity index is 500. The summed E-state index contributed by atoms with van der Waals surface area (Å²) in [7, 11) is 0. The van der Waals surface area contributed by atoms with E-state index in [4.69, 9.17) is 0 Å². The number of amides is 1. The number of hydrogen-bond acceptors (Lipinski definition) is 4. The van der Waals surface area contributed by atoms with Crippen LogP contribution in [0, 0.1) is 23.0 Å². The van der Waals surface area contributed by atoms with E-state index < -0.39 is 11.0 Å².